The van der Waals surface area contributed by atoms with Gasteiger partial charge in [0.25, 0.3) is 5.91 Å². The van der Waals surface area contributed by atoms with Crippen molar-refractivity contribution in [2.75, 3.05) is 33.4 Å². The van der Waals surface area contributed by atoms with Gasteiger partial charge < -0.3 is 20.1 Å². The SMILES string of the molecule is COc1ccccc1OCC(=O)NCCn1nc([C@H]2CCNC2)c2cccnc21. The summed E-state index contributed by atoms with van der Waals surface area (Å²) in [5.74, 6) is 1.36. The highest BCUT2D eigenvalue weighted by molar-refractivity contribution is 5.79. The van der Waals surface area contributed by atoms with Crippen LogP contribution < -0.4 is 20.1 Å². The maximum Gasteiger partial charge on any atom is 0.258 e. The number of para-hydroxylation sites is 2. The lowest BCUT2D eigenvalue weighted by atomic mass is 10.0. The van der Waals surface area contributed by atoms with Gasteiger partial charge in [-0.1, -0.05) is 12.1 Å². The number of amides is 1. The van der Waals surface area contributed by atoms with Crippen LogP contribution in [-0.2, 0) is 11.3 Å². The average Bonchev–Trinajstić information content (AvgIpc) is 3.41. The number of hydrogen-bond donors (Lipinski definition) is 2. The molecule has 2 aromatic heterocycles. The molecule has 0 spiro atoms. The molecule has 1 saturated heterocycles. The van der Waals surface area contributed by atoms with E-state index in [0.717, 1.165) is 36.2 Å². The second kappa shape index (κ2) is 8.91. The first-order valence-electron chi connectivity index (χ1n) is 9.81. The second-order valence-corrected chi connectivity index (χ2v) is 6.96. The number of carbonyl (C=O) groups excluding carboxylic acids is 1. The first-order chi connectivity index (χ1) is 14.3. The Hall–Kier alpha value is -3.13. The van der Waals surface area contributed by atoms with Crippen molar-refractivity contribution < 1.29 is 14.3 Å². The molecule has 0 aliphatic carbocycles. The average molecular weight is 395 g/mol. The number of ether oxygens (including phenoxy) is 2. The third-order valence-corrected chi connectivity index (χ3v) is 5.06. The van der Waals surface area contributed by atoms with Crippen molar-refractivity contribution in [1.82, 2.24) is 25.4 Å². The zero-order chi connectivity index (χ0) is 20.1. The summed E-state index contributed by atoms with van der Waals surface area (Å²) in [6.07, 6.45) is 2.86. The van der Waals surface area contributed by atoms with Crippen LogP contribution in [0.4, 0.5) is 0 Å². The largest absolute Gasteiger partial charge is 0.493 e. The Morgan fingerprint density at radius 3 is 2.93 bits per heavy atom. The lowest BCUT2D eigenvalue weighted by Gasteiger charge is -2.10. The Morgan fingerprint density at radius 2 is 2.14 bits per heavy atom. The fourth-order valence-corrected chi connectivity index (χ4v) is 3.61. The standard InChI is InChI=1S/C21H25N5O3/c1-28-17-6-2-3-7-18(17)29-14-19(27)23-11-12-26-21-16(5-4-9-24-21)20(25-26)15-8-10-22-13-15/h2-7,9,15,22H,8,10-14H2,1H3,(H,23,27)/t15-/m0/s1. The molecule has 1 aliphatic rings. The Balaban J connectivity index is 1.34. The minimum absolute atomic E-state index is 0.0720. The van der Waals surface area contributed by atoms with E-state index in [1.807, 2.05) is 22.9 Å². The van der Waals surface area contributed by atoms with Crippen LogP contribution >= 0.6 is 0 Å². The van der Waals surface area contributed by atoms with Gasteiger partial charge in [-0.3, -0.25) is 4.79 Å². The number of rotatable bonds is 8. The second-order valence-electron chi connectivity index (χ2n) is 6.96. The highest BCUT2D eigenvalue weighted by Crippen LogP contribution is 2.28. The molecule has 29 heavy (non-hydrogen) atoms. The summed E-state index contributed by atoms with van der Waals surface area (Å²) < 4.78 is 12.7. The quantitative estimate of drug-likeness (QED) is 0.604. The van der Waals surface area contributed by atoms with Crippen molar-refractivity contribution in [1.29, 1.82) is 0 Å². The normalized spacial score (nSPS) is 16.1. The van der Waals surface area contributed by atoms with Crippen LogP contribution in [0.15, 0.2) is 42.6 Å². The molecule has 0 bridgehead atoms. The predicted molar refractivity (Wildman–Crippen MR) is 109 cm³/mol. The first kappa shape index (κ1) is 19.2. The van der Waals surface area contributed by atoms with Crippen LogP contribution in [0.1, 0.15) is 18.0 Å². The Labute approximate surface area is 169 Å². The molecule has 1 atom stereocenters. The summed E-state index contributed by atoms with van der Waals surface area (Å²) in [5, 5.41) is 12.2. The van der Waals surface area contributed by atoms with Gasteiger partial charge in [-0.2, -0.15) is 5.10 Å². The molecule has 8 heteroatoms. The lowest BCUT2D eigenvalue weighted by molar-refractivity contribution is -0.123. The summed E-state index contributed by atoms with van der Waals surface area (Å²) in [6.45, 7) is 2.88. The highest BCUT2D eigenvalue weighted by atomic mass is 16.5. The predicted octanol–water partition coefficient (Wildman–Crippen LogP) is 1.71. The maximum atomic E-state index is 12.2. The van der Waals surface area contributed by atoms with E-state index < -0.39 is 0 Å². The van der Waals surface area contributed by atoms with Crippen molar-refractivity contribution >= 4 is 16.9 Å². The van der Waals surface area contributed by atoms with Gasteiger partial charge in [0, 0.05) is 30.6 Å². The van der Waals surface area contributed by atoms with E-state index in [1.54, 1.807) is 25.4 Å². The molecule has 4 rings (SSSR count). The monoisotopic (exact) mass is 395 g/mol. The summed E-state index contributed by atoms with van der Waals surface area (Å²) in [4.78, 5) is 16.6. The summed E-state index contributed by atoms with van der Waals surface area (Å²) in [5.41, 5.74) is 1.94. The number of methoxy groups -OCH3 is 1. The van der Waals surface area contributed by atoms with Crippen molar-refractivity contribution in [3.63, 3.8) is 0 Å². The molecule has 3 heterocycles. The lowest BCUT2D eigenvalue weighted by Crippen LogP contribution is -2.31. The molecule has 8 nitrogen and oxygen atoms in total. The third-order valence-electron chi connectivity index (χ3n) is 5.06. The number of fused-ring (bicyclic) bond motifs is 1. The first-order valence-corrected chi connectivity index (χ1v) is 9.81. The summed E-state index contributed by atoms with van der Waals surface area (Å²) in [6, 6.07) is 11.3. The molecular weight excluding hydrogens is 370 g/mol. The maximum absolute atomic E-state index is 12.2. The van der Waals surface area contributed by atoms with E-state index in [9.17, 15) is 4.79 Å². The Morgan fingerprint density at radius 1 is 1.28 bits per heavy atom. The van der Waals surface area contributed by atoms with Crippen LogP contribution in [0.5, 0.6) is 11.5 Å². The van der Waals surface area contributed by atoms with Gasteiger partial charge in [0.1, 0.15) is 0 Å². The van der Waals surface area contributed by atoms with Gasteiger partial charge >= 0.3 is 0 Å². The molecule has 1 fully saturated rings. The molecule has 0 unspecified atom stereocenters. The van der Waals surface area contributed by atoms with Gasteiger partial charge in [0.2, 0.25) is 0 Å². The van der Waals surface area contributed by atoms with E-state index in [2.05, 4.69) is 21.7 Å². The summed E-state index contributed by atoms with van der Waals surface area (Å²) in [7, 11) is 1.57. The van der Waals surface area contributed by atoms with Crippen molar-refractivity contribution in [3.8, 4) is 11.5 Å². The number of pyridine rings is 1. The van der Waals surface area contributed by atoms with Crippen molar-refractivity contribution in [2.24, 2.45) is 0 Å². The number of carbonyl (C=O) groups is 1. The van der Waals surface area contributed by atoms with Crippen LogP contribution in [0.3, 0.4) is 0 Å². The van der Waals surface area contributed by atoms with E-state index in [0.29, 0.717) is 30.5 Å². The topological polar surface area (TPSA) is 90.3 Å². The number of hydrogen-bond acceptors (Lipinski definition) is 6. The van der Waals surface area contributed by atoms with Gasteiger partial charge in [-0.05, 0) is 37.2 Å². The molecule has 2 N–H and O–H groups in total. The van der Waals surface area contributed by atoms with Crippen LogP contribution in [0.25, 0.3) is 11.0 Å². The van der Waals surface area contributed by atoms with Crippen LogP contribution in [0.2, 0.25) is 0 Å². The fourth-order valence-electron chi connectivity index (χ4n) is 3.61. The minimum Gasteiger partial charge on any atom is -0.493 e. The fraction of sp³-hybridized carbons (Fsp3) is 0.381. The van der Waals surface area contributed by atoms with Gasteiger partial charge in [-0.25, -0.2) is 9.67 Å². The molecule has 152 valence electrons. The number of benzene rings is 1. The zero-order valence-electron chi connectivity index (χ0n) is 16.4. The summed E-state index contributed by atoms with van der Waals surface area (Å²) >= 11 is 0. The Kier molecular flexibility index (Phi) is 5.90. The molecule has 1 aromatic carbocycles. The van der Waals surface area contributed by atoms with Crippen molar-refractivity contribution in [3.05, 3.63) is 48.3 Å². The van der Waals surface area contributed by atoms with Gasteiger partial charge in [0.05, 0.1) is 19.3 Å². The molecule has 0 radical (unpaired) electrons. The highest BCUT2D eigenvalue weighted by Gasteiger charge is 2.23. The zero-order valence-corrected chi connectivity index (χ0v) is 16.4. The number of nitrogens with zero attached hydrogens (tertiary/aromatic N) is 3. The van der Waals surface area contributed by atoms with E-state index in [-0.39, 0.29) is 12.5 Å². The van der Waals surface area contributed by atoms with Crippen LogP contribution in [-0.4, -0.2) is 54.0 Å². The third kappa shape index (κ3) is 4.32. The molecule has 3 aromatic rings. The smallest absolute Gasteiger partial charge is 0.258 e. The van der Waals surface area contributed by atoms with E-state index in [1.165, 1.54) is 0 Å². The van der Waals surface area contributed by atoms with Crippen molar-refractivity contribution in [2.45, 2.75) is 18.9 Å². The number of aromatic nitrogens is 3. The molecular formula is C21H25N5O3. The Bertz CT molecular complexity index is 981. The van der Waals surface area contributed by atoms with Crippen LogP contribution in [0, 0.1) is 0 Å². The number of nitrogens with one attached hydrogen (secondary N) is 2. The van der Waals surface area contributed by atoms with E-state index in [4.69, 9.17) is 14.6 Å². The minimum atomic E-state index is -0.194. The molecule has 1 aliphatic heterocycles. The van der Waals surface area contributed by atoms with Gasteiger partial charge in [0.15, 0.2) is 23.8 Å². The van der Waals surface area contributed by atoms with E-state index >= 15 is 0 Å². The van der Waals surface area contributed by atoms with Gasteiger partial charge in [-0.15, -0.1) is 0 Å². The molecule has 1 amide bonds. The molecule has 0 saturated carbocycles.